The number of halogens is 1. The smallest absolute Gasteiger partial charge is 0.291 e. The Morgan fingerprint density at radius 3 is 1.79 bits per heavy atom. The summed E-state index contributed by atoms with van der Waals surface area (Å²) in [6.45, 7) is 8.30. The fourth-order valence-electron chi connectivity index (χ4n) is 13.2. The van der Waals surface area contributed by atoms with Gasteiger partial charge in [0.05, 0.1) is 28.7 Å². The lowest BCUT2D eigenvalue weighted by Gasteiger charge is -2.32. The molecule has 0 atom stereocenters. The summed E-state index contributed by atoms with van der Waals surface area (Å²) in [5, 5.41) is 6.63. The third-order valence-electron chi connectivity index (χ3n) is 17.0. The van der Waals surface area contributed by atoms with Gasteiger partial charge in [0.1, 0.15) is 6.29 Å². The van der Waals surface area contributed by atoms with Gasteiger partial charge in [-0.3, -0.25) is 19.4 Å². The van der Waals surface area contributed by atoms with Crippen molar-refractivity contribution >= 4 is 41.1 Å². The van der Waals surface area contributed by atoms with E-state index in [0.717, 1.165) is 137 Å². The number of anilines is 2. The van der Waals surface area contributed by atoms with Crippen LogP contribution >= 0.6 is 11.6 Å². The Kier molecular flexibility index (Phi) is 11.0. The molecule has 4 aromatic rings. The van der Waals surface area contributed by atoms with Gasteiger partial charge in [-0.1, -0.05) is 35.9 Å². The highest BCUT2D eigenvalue weighted by Gasteiger charge is 2.55. The van der Waals surface area contributed by atoms with E-state index in [1.54, 1.807) is 0 Å². The number of carbonyl (C=O) groups excluding carboxylic acids is 3. The Bertz CT molecular complexity index is 2450. The summed E-state index contributed by atoms with van der Waals surface area (Å²) in [5.41, 5.74) is 8.92. The Balaban J connectivity index is 0.779. The van der Waals surface area contributed by atoms with Crippen molar-refractivity contribution in [3.63, 3.8) is 0 Å². The van der Waals surface area contributed by atoms with E-state index in [1.165, 1.54) is 44.8 Å². The molecule has 4 aliphatic carbocycles. The summed E-state index contributed by atoms with van der Waals surface area (Å²) < 4.78 is 9.51. The number of rotatable bonds is 14. The molecule has 2 amide bonds. The summed E-state index contributed by atoms with van der Waals surface area (Å²) >= 11 is 7.11. The Hall–Kier alpha value is -4.36. The molecule has 13 heteroatoms. The van der Waals surface area contributed by atoms with Gasteiger partial charge in [0.15, 0.2) is 11.6 Å². The number of carbonyl (C=O) groups is 3. The highest BCUT2D eigenvalue weighted by Crippen LogP contribution is 2.63. The molecule has 6 aliphatic rings. The molecule has 12 nitrogen and oxygen atoms in total. The molecule has 4 fully saturated rings. The van der Waals surface area contributed by atoms with E-state index in [9.17, 15) is 14.4 Å². The molecule has 2 aromatic carbocycles. The monoisotopic (exact) mass is 874 g/mol. The number of amides is 2. The fourth-order valence-corrected chi connectivity index (χ4v) is 13.5. The number of benzene rings is 2. The zero-order valence-electron chi connectivity index (χ0n) is 37.6. The van der Waals surface area contributed by atoms with Gasteiger partial charge in [0, 0.05) is 88.3 Å². The van der Waals surface area contributed by atoms with E-state index in [-0.39, 0.29) is 17.2 Å². The highest BCUT2D eigenvalue weighted by atomic mass is 35.5. The molecule has 0 saturated heterocycles. The lowest BCUT2D eigenvalue weighted by molar-refractivity contribution is -0.115. The minimum absolute atomic E-state index is 0.0577. The molecular formula is C50H63ClN8O4. The molecule has 4 heterocycles. The molecule has 334 valence electrons. The van der Waals surface area contributed by atoms with Gasteiger partial charge in [-0.15, -0.1) is 0 Å². The van der Waals surface area contributed by atoms with Gasteiger partial charge >= 0.3 is 0 Å². The molecule has 2 aliphatic heterocycles. The summed E-state index contributed by atoms with van der Waals surface area (Å²) in [7, 11) is 5.71. The number of hydrogen-bond acceptors (Lipinski definition) is 8. The first-order valence-corrected chi connectivity index (χ1v) is 23.7. The maximum absolute atomic E-state index is 13.9. The first-order chi connectivity index (χ1) is 30.3. The maximum Gasteiger partial charge on any atom is 0.291 e. The van der Waals surface area contributed by atoms with Gasteiger partial charge in [0.25, 0.3) is 11.8 Å². The second-order valence-corrected chi connectivity index (χ2v) is 21.0. The average molecular weight is 876 g/mol. The van der Waals surface area contributed by atoms with Crippen molar-refractivity contribution in [2.75, 3.05) is 50.5 Å². The molecule has 4 saturated carbocycles. The third kappa shape index (κ3) is 7.66. The minimum Gasteiger partial charge on any atom is -0.384 e. The summed E-state index contributed by atoms with van der Waals surface area (Å²) in [6, 6.07) is 11.4. The van der Waals surface area contributed by atoms with Crippen molar-refractivity contribution in [1.82, 2.24) is 28.9 Å². The Morgan fingerprint density at radius 1 is 0.730 bits per heavy atom. The quantitative estimate of drug-likeness (QED) is 0.121. The molecule has 2 N–H and O–H groups in total. The summed E-state index contributed by atoms with van der Waals surface area (Å²) in [6.07, 6.45) is 17.3. The highest BCUT2D eigenvalue weighted by molar-refractivity contribution is 6.36. The van der Waals surface area contributed by atoms with Gasteiger partial charge in [-0.05, 0) is 137 Å². The van der Waals surface area contributed by atoms with Crippen LogP contribution in [0.4, 0.5) is 11.4 Å². The van der Waals surface area contributed by atoms with Crippen LogP contribution in [0.5, 0.6) is 0 Å². The zero-order valence-corrected chi connectivity index (χ0v) is 38.3. The standard InChI is InChI=1S/C50H63ClN8O4/c1-33-34(7-5-9-36(33)54-45(61)43-52-38-27-58(23-11-40(38)56(43)2)25-21-47-13-17-49(29-47,31-60)18-14-47)35-8-6-10-37(42(35)51)55-46(62)44-53-39-28-59(24-12-41(39)57(44)3)26-22-48-15-19-50(30-48,20-16-48)32-63-4/h5-10,31H,11-30,32H2,1-4H3,(H,54,61)(H,55,62). The molecule has 63 heavy (non-hydrogen) atoms. The predicted molar refractivity (Wildman–Crippen MR) is 245 cm³/mol. The van der Waals surface area contributed by atoms with Crippen LogP contribution in [-0.2, 0) is 49.6 Å². The Labute approximate surface area is 376 Å². The van der Waals surface area contributed by atoms with Crippen LogP contribution in [0.1, 0.15) is 127 Å². The molecule has 0 radical (unpaired) electrons. The van der Waals surface area contributed by atoms with Gasteiger partial charge in [0.2, 0.25) is 0 Å². The second-order valence-electron chi connectivity index (χ2n) is 20.6. The van der Waals surface area contributed by atoms with Crippen molar-refractivity contribution in [2.24, 2.45) is 35.8 Å². The topological polar surface area (TPSA) is 127 Å². The first-order valence-electron chi connectivity index (χ1n) is 23.4. The average Bonchev–Trinajstić information content (AvgIpc) is 4.15. The number of methoxy groups -OCH3 is 1. The predicted octanol–water partition coefficient (Wildman–Crippen LogP) is 8.53. The number of imidazole rings is 2. The van der Waals surface area contributed by atoms with E-state index in [0.29, 0.717) is 44.3 Å². The van der Waals surface area contributed by atoms with E-state index in [2.05, 4.69) is 20.4 Å². The van der Waals surface area contributed by atoms with Crippen molar-refractivity contribution in [3.8, 4) is 11.1 Å². The van der Waals surface area contributed by atoms with E-state index in [1.807, 2.05) is 73.7 Å². The summed E-state index contributed by atoms with van der Waals surface area (Å²) in [5.74, 6) is 0.218. The van der Waals surface area contributed by atoms with Crippen LogP contribution < -0.4 is 10.6 Å². The summed E-state index contributed by atoms with van der Waals surface area (Å²) in [4.78, 5) is 54.4. The van der Waals surface area contributed by atoms with Crippen molar-refractivity contribution in [2.45, 2.75) is 110 Å². The van der Waals surface area contributed by atoms with Crippen molar-refractivity contribution in [1.29, 1.82) is 0 Å². The SMILES string of the molecule is COCC12CCC(CCN3CCc4c(nc(C(=O)Nc5cccc(-c6cccc(NC(=O)c7nc8c(n7C)CCN(CCC79CCC(C=O)(CC7)C9)C8)c6C)c5Cl)n4C)C3)(CC1)C2. The van der Waals surface area contributed by atoms with Crippen molar-refractivity contribution < 1.29 is 19.1 Å². The van der Waals surface area contributed by atoms with E-state index < -0.39 is 0 Å². The van der Waals surface area contributed by atoms with E-state index in [4.69, 9.17) is 26.3 Å². The van der Waals surface area contributed by atoms with Crippen LogP contribution in [0.3, 0.4) is 0 Å². The number of nitrogens with one attached hydrogen (secondary N) is 2. The number of nitrogens with zero attached hydrogens (tertiary/aromatic N) is 6. The number of hydrogen-bond donors (Lipinski definition) is 2. The largest absolute Gasteiger partial charge is 0.384 e. The normalized spacial score (nSPS) is 27.4. The molecule has 4 bridgehead atoms. The van der Waals surface area contributed by atoms with Crippen LogP contribution in [0, 0.1) is 28.6 Å². The fraction of sp³-hybridized carbons (Fsp3) is 0.580. The van der Waals surface area contributed by atoms with Gasteiger partial charge in [-0.25, -0.2) is 9.97 Å². The van der Waals surface area contributed by atoms with Crippen LogP contribution in [0.15, 0.2) is 36.4 Å². The van der Waals surface area contributed by atoms with Crippen LogP contribution in [0.2, 0.25) is 5.02 Å². The number of aromatic nitrogens is 4. The molecular weight excluding hydrogens is 812 g/mol. The Morgan fingerprint density at radius 2 is 1.24 bits per heavy atom. The maximum atomic E-state index is 13.9. The minimum atomic E-state index is -0.297. The molecule has 0 unspecified atom stereocenters. The molecule has 2 aromatic heterocycles. The van der Waals surface area contributed by atoms with Crippen molar-refractivity contribution in [3.05, 3.63) is 81.4 Å². The van der Waals surface area contributed by atoms with Crippen LogP contribution in [-0.4, -0.2) is 86.9 Å². The van der Waals surface area contributed by atoms with E-state index >= 15 is 0 Å². The van der Waals surface area contributed by atoms with Gasteiger partial charge < -0.3 is 29.3 Å². The number of fused-ring (bicyclic) bond motifs is 6. The number of aldehydes is 1. The number of ether oxygens (including phenoxy) is 1. The molecule has 0 spiro atoms. The first kappa shape index (κ1) is 42.6. The second kappa shape index (κ2) is 16.3. The lowest BCUT2D eigenvalue weighted by atomic mass is 9.80. The molecule has 10 rings (SSSR count). The van der Waals surface area contributed by atoms with Gasteiger partial charge in [-0.2, -0.15) is 0 Å². The van der Waals surface area contributed by atoms with Crippen LogP contribution in [0.25, 0.3) is 11.1 Å². The zero-order chi connectivity index (χ0) is 43.7. The lowest BCUT2D eigenvalue weighted by Crippen LogP contribution is -2.34. The third-order valence-corrected chi connectivity index (χ3v) is 17.4.